The maximum absolute atomic E-state index is 12.3. The van der Waals surface area contributed by atoms with Gasteiger partial charge in [-0.1, -0.05) is 30.3 Å². The summed E-state index contributed by atoms with van der Waals surface area (Å²) in [6.07, 6.45) is 1.24. The topological polar surface area (TPSA) is 69.7 Å². The third-order valence-corrected chi connectivity index (χ3v) is 4.08. The largest absolute Gasteiger partial charge is 0.342 e. The minimum Gasteiger partial charge on any atom is -0.342 e. The predicted octanol–water partition coefficient (Wildman–Crippen LogP) is 1.41. The summed E-state index contributed by atoms with van der Waals surface area (Å²) in [6.45, 7) is 4.69. The van der Waals surface area contributed by atoms with Crippen LogP contribution in [0.2, 0.25) is 0 Å². The normalized spacial score (nSPS) is 17.3. The monoisotopic (exact) mass is 317 g/mol. The molecule has 1 fully saturated rings. The van der Waals surface area contributed by atoms with Crippen LogP contribution in [0.3, 0.4) is 0 Å². The Hall–Kier alpha value is -2.37. The zero-order valence-corrected chi connectivity index (χ0v) is 13.6. The molecule has 124 valence electrons. The van der Waals surface area contributed by atoms with Crippen molar-refractivity contribution < 1.29 is 14.4 Å². The molecule has 1 aromatic rings. The first-order valence-corrected chi connectivity index (χ1v) is 8.00. The molecule has 6 heteroatoms. The van der Waals surface area contributed by atoms with Crippen LogP contribution in [0.5, 0.6) is 0 Å². The number of amides is 4. The fourth-order valence-corrected chi connectivity index (χ4v) is 2.69. The highest BCUT2D eigenvalue weighted by atomic mass is 16.2. The average molecular weight is 317 g/mol. The summed E-state index contributed by atoms with van der Waals surface area (Å²) in [4.78, 5) is 39.0. The number of benzene rings is 1. The first kappa shape index (κ1) is 17.0. The molecule has 4 amide bonds. The van der Waals surface area contributed by atoms with Gasteiger partial charge in [0.05, 0.1) is 0 Å². The number of aryl methyl sites for hydroxylation is 1. The molecular formula is C17H23N3O3. The molecule has 0 radical (unpaired) electrons. The van der Waals surface area contributed by atoms with Gasteiger partial charge in [0.1, 0.15) is 12.6 Å². The molecule has 6 nitrogen and oxygen atoms in total. The number of rotatable bonds is 7. The molecule has 1 heterocycles. The lowest BCUT2D eigenvalue weighted by Gasteiger charge is -2.21. The first-order chi connectivity index (χ1) is 11.1. The van der Waals surface area contributed by atoms with E-state index < -0.39 is 12.1 Å². The molecule has 0 spiro atoms. The van der Waals surface area contributed by atoms with E-state index in [0.717, 1.165) is 10.5 Å². The molecule has 0 bridgehead atoms. The lowest BCUT2D eigenvalue weighted by molar-refractivity contribution is -0.137. The Morgan fingerprint density at radius 3 is 2.43 bits per heavy atom. The second-order valence-electron chi connectivity index (χ2n) is 5.52. The molecule has 1 atom stereocenters. The van der Waals surface area contributed by atoms with E-state index in [4.69, 9.17) is 0 Å². The Balaban J connectivity index is 1.93. The van der Waals surface area contributed by atoms with E-state index in [2.05, 4.69) is 5.32 Å². The van der Waals surface area contributed by atoms with Crippen molar-refractivity contribution in [2.75, 3.05) is 19.6 Å². The standard InChI is InChI=1S/C17H23N3O3/c1-3-19(4-2)15(21)12-20-16(22)14(18-17(20)23)11-10-13-8-6-5-7-9-13/h5-9,14H,3-4,10-12H2,1-2H3,(H,18,23)/t14-/m0/s1. The molecule has 0 aromatic heterocycles. The Labute approximate surface area is 136 Å². The maximum atomic E-state index is 12.3. The van der Waals surface area contributed by atoms with Gasteiger partial charge in [-0.3, -0.25) is 14.5 Å². The van der Waals surface area contributed by atoms with Crippen molar-refractivity contribution in [2.24, 2.45) is 0 Å². The highest BCUT2D eigenvalue weighted by Gasteiger charge is 2.38. The van der Waals surface area contributed by atoms with Crippen LogP contribution < -0.4 is 5.32 Å². The van der Waals surface area contributed by atoms with Crippen molar-refractivity contribution in [3.05, 3.63) is 35.9 Å². The van der Waals surface area contributed by atoms with Crippen molar-refractivity contribution in [2.45, 2.75) is 32.7 Å². The molecular weight excluding hydrogens is 294 g/mol. The second-order valence-corrected chi connectivity index (χ2v) is 5.52. The summed E-state index contributed by atoms with van der Waals surface area (Å²) in [7, 11) is 0. The smallest absolute Gasteiger partial charge is 0.325 e. The van der Waals surface area contributed by atoms with Crippen LogP contribution in [0.15, 0.2) is 30.3 Å². The fraction of sp³-hybridized carbons (Fsp3) is 0.471. The van der Waals surface area contributed by atoms with Crippen LogP contribution in [0, 0.1) is 0 Å². The zero-order valence-electron chi connectivity index (χ0n) is 13.6. The fourth-order valence-electron chi connectivity index (χ4n) is 2.69. The van der Waals surface area contributed by atoms with Gasteiger partial charge >= 0.3 is 6.03 Å². The molecule has 1 aromatic carbocycles. The Morgan fingerprint density at radius 1 is 1.17 bits per heavy atom. The number of carbonyl (C=O) groups is 3. The van der Waals surface area contributed by atoms with Crippen molar-refractivity contribution in [3.8, 4) is 0 Å². The SMILES string of the molecule is CCN(CC)C(=O)CN1C(=O)N[C@@H](CCc2ccccc2)C1=O. The van der Waals surface area contributed by atoms with Gasteiger partial charge in [0.2, 0.25) is 5.91 Å². The number of carbonyl (C=O) groups excluding carboxylic acids is 3. The number of urea groups is 1. The number of hydrogen-bond acceptors (Lipinski definition) is 3. The number of nitrogens with one attached hydrogen (secondary N) is 1. The van der Waals surface area contributed by atoms with Gasteiger partial charge in [-0.2, -0.15) is 0 Å². The summed E-state index contributed by atoms with van der Waals surface area (Å²) in [5, 5.41) is 2.67. The van der Waals surface area contributed by atoms with Crippen LogP contribution in [0.25, 0.3) is 0 Å². The van der Waals surface area contributed by atoms with Crippen LogP contribution in [-0.2, 0) is 16.0 Å². The molecule has 1 saturated heterocycles. The summed E-state index contributed by atoms with van der Waals surface area (Å²) >= 11 is 0. The van der Waals surface area contributed by atoms with Crippen molar-refractivity contribution in [1.29, 1.82) is 0 Å². The number of hydrogen-bond donors (Lipinski definition) is 1. The summed E-state index contributed by atoms with van der Waals surface area (Å²) in [5.74, 6) is -0.520. The predicted molar refractivity (Wildman–Crippen MR) is 86.7 cm³/mol. The van der Waals surface area contributed by atoms with Gasteiger partial charge in [-0.25, -0.2) is 4.79 Å². The van der Waals surface area contributed by atoms with Crippen LogP contribution in [0.4, 0.5) is 4.79 Å². The van der Waals surface area contributed by atoms with Crippen molar-refractivity contribution >= 4 is 17.8 Å². The quantitative estimate of drug-likeness (QED) is 0.773. The minimum absolute atomic E-state index is 0.186. The van der Waals surface area contributed by atoms with E-state index in [1.165, 1.54) is 0 Å². The van der Waals surface area contributed by atoms with E-state index in [-0.39, 0.29) is 18.4 Å². The third-order valence-electron chi connectivity index (χ3n) is 4.08. The molecule has 1 aliphatic heterocycles. The van der Waals surface area contributed by atoms with Crippen molar-refractivity contribution in [1.82, 2.24) is 15.1 Å². The van der Waals surface area contributed by atoms with Gasteiger partial charge in [-0.05, 0) is 32.3 Å². The number of likely N-dealkylation sites (N-methyl/N-ethyl adjacent to an activating group) is 1. The Bertz CT molecular complexity index is 570. The third kappa shape index (κ3) is 4.09. The molecule has 1 aliphatic rings. The van der Waals surface area contributed by atoms with Crippen LogP contribution >= 0.6 is 0 Å². The van der Waals surface area contributed by atoms with Gasteiger partial charge < -0.3 is 10.2 Å². The van der Waals surface area contributed by atoms with Gasteiger partial charge in [0, 0.05) is 13.1 Å². The van der Waals surface area contributed by atoms with Gasteiger partial charge in [-0.15, -0.1) is 0 Å². The second kappa shape index (κ2) is 7.76. The summed E-state index contributed by atoms with van der Waals surface area (Å²) in [5.41, 5.74) is 1.12. The van der Waals surface area contributed by atoms with E-state index >= 15 is 0 Å². The molecule has 23 heavy (non-hydrogen) atoms. The molecule has 0 aliphatic carbocycles. The molecule has 0 saturated carbocycles. The van der Waals surface area contributed by atoms with Gasteiger partial charge in [0.15, 0.2) is 0 Å². The highest BCUT2D eigenvalue weighted by Crippen LogP contribution is 2.13. The Kier molecular flexibility index (Phi) is 5.73. The Morgan fingerprint density at radius 2 is 1.83 bits per heavy atom. The summed E-state index contributed by atoms with van der Waals surface area (Å²) < 4.78 is 0. The maximum Gasteiger partial charge on any atom is 0.325 e. The van der Waals surface area contributed by atoms with Gasteiger partial charge in [0.25, 0.3) is 5.91 Å². The molecule has 0 unspecified atom stereocenters. The first-order valence-electron chi connectivity index (χ1n) is 8.00. The number of nitrogens with zero attached hydrogens (tertiary/aromatic N) is 2. The highest BCUT2D eigenvalue weighted by molar-refractivity contribution is 6.06. The van der Waals surface area contributed by atoms with E-state index in [0.29, 0.717) is 25.9 Å². The van der Waals surface area contributed by atoms with E-state index in [1.807, 2.05) is 44.2 Å². The lowest BCUT2D eigenvalue weighted by atomic mass is 10.1. The van der Waals surface area contributed by atoms with E-state index in [9.17, 15) is 14.4 Å². The lowest BCUT2D eigenvalue weighted by Crippen LogP contribution is -2.43. The molecule has 2 rings (SSSR count). The molecule has 1 N–H and O–H groups in total. The zero-order chi connectivity index (χ0) is 16.8. The van der Waals surface area contributed by atoms with E-state index in [1.54, 1.807) is 4.90 Å². The van der Waals surface area contributed by atoms with Crippen LogP contribution in [-0.4, -0.2) is 53.3 Å². The van der Waals surface area contributed by atoms with Crippen LogP contribution in [0.1, 0.15) is 25.8 Å². The average Bonchev–Trinajstić information content (AvgIpc) is 2.82. The van der Waals surface area contributed by atoms with Crippen molar-refractivity contribution in [3.63, 3.8) is 0 Å². The summed E-state index contributed by atoms with van der Waals surface area (Å²) in [6, 6.07) is 8.78. The minimum atomic E-state index is -0.549. The number of imide groups is 1.